The zero-order valence-corrected chi connectivity index (χ0v) is 11.5. The van der Waals surface area contributed by atoms with Crippen LogP contribution >= 0.6 is 28.6 Å². The molecule has 0 amide bonds. The summed E-state index contributed by atoms with van der Waals surface area (Å²) in [5.41, 5.74) is 2.97. The highest BCUT2D eigenvalue weighted by molar-refractivity contribution is 8.93. The molecule has 0 saturated carbocycles. The van der Waals surface area contributed by atoms with Crippen molar-refractivity contribution in [2.45, 2.75) is 13.3 Å². The van der Waals surface area contributed by atoms with Gasteiger partial charge in [-0.05, 0) is 18.2 Å². The Bertz CT molecular complexity index is 680. The van der Waals surface area contributed by atoms with Crippen molar-refractivity contribution in [3.8, 4) is 0 Å². The minimum Gasteiger partial charge on any atom is -0.325 e. The number of nitrogens with one attached hydrogen (secondary N) is 1. The molecule has 0 fully saturated rings. The third kappa shape index (κ3) is 2.12. The molecule has 2 aromatic heterocycles. The van der Waals surface area contributed by atoms with Gasteiger partial charge in [0.15, 0.2) is 11.3 Å². The van der Waals surface area contributed by atoms with E-state index in [2.05, 4.69) is 19.9 Å². The van der Waals surface area contributed by atoms with Crippen molar-refractivity contribution in [3.05, 3.63) is 29.0 Å². The molecule has 0 bridgehead atoms. The Labute approximate surface area is 113 Å². The fourth-order valence-corrected chi connectivity index (χ4v) is 1.81. The molecule has 17 heavy (non-hydrogen) atoms. The van der Waals surface area contributed by atoms with Crippen molar-refractivity contribution in [1.29, 1.82) is 0 Å². The van der Waals surface area contributed by atoms with E-state index >= 15 is 0 Å². The Morgan fingerprint density at radius 1 is 1.18 bits per heavy atom. The molecular weight excluding hydrogens is 304 g/mol. The summed E-state index contributed by atoms with van der Waals surface area (Å²) in [7, 11) is 0. The number of imidazole rings is 1. The highest BCUT2D eigenvalue weighted by Gasteiger charge is 2.06. The monoisotopic (exact) mass is 312 g/mol. The summed E-state index contributed by atoms with van der Waals surface area (Å²) in [5, 5.41) is 0.663. The number of hydrogen-bond acceptors (Lipinski definition) is 3. The van der Waals surface area contributed by atoms with Gasteiger partial charge in [0.05, 0.1) is 11.0 Å². The average Bonchev–Trinajstić information content (AvgIpc) is 2.67. The quantitative estimate of drug-likeness (QED) is 0.750. The summed E-state index contributed by atoms with van der Waals surface area (Å²) in [6, 6.07) is 5.46. The standard InChI is InChI=1S/C11H9ClN4.BrH/c1-2-9-15-10-11(16-9)14-8-5-6(12)3-4-7(8)13-10;/h3-5H,2H2,1H3,(H,13,14,15,16);1H. The van der Waals surface area contributed by atoms with Crippen molar-refractivity contribution in [3.63, 3.8) is 0 Å². The third-order valence-electron chi connectivity index (χ3n) is 2.45. The molecule has 3 aromatic rings. The lowest BCUT2D eigenvalue weighted by Gasteiger charge is -1.96. The van der Waals surface area contributed by atoms with Gasteiger partial charge in [-0.25, -0.2) is 15.0 Å². The van der Waals surface area contributed by atoms with E-state index in [0.717, 1.165) is 23.3 Å². The molecule has 0 aliphatic rings. The lowest BCUT2D eigenvalue weighted by molar-refractivity contribution is 0.996. The van der Waals surface area contributed by atoms with E-state index < -0.39 is 0 Å². The Morgan fingerprint density at radius 2 is 2.00 bits per heavy atom. The number of aromatic nitrogens is 4. The number of nitrogens with zero attached hydrogens (tertiary/aromatic N) is 3. The molecule has 0 aliphatic carbocycles. The molecule has 0 spiro atoms. The van der Waals surface area contributed by atoms with E-state index in [0.29, 0.717) is 16.3 Å². The maximum Gasteiger partial charge on any atom is 0.198 e. The number of rotatable bonds is 1. The van der Waals surface area contributed by atoms with Gasteiger partial charge in [-0.15, -0.1) is 17.0 Å². The van der Waals surface area contributed by atoms with E-state index in [-0.39, 0.29) is 17.0 Å². The van der Waals surface area contributed by atoms with Crippen LogP contribution in [0, 0.1) is 0 Å². The topological polar surface area (TPSA) is 54.5 Å². The van der Waals surface area contributed by atoms with Gasteiger partial charge in [0.1, 0.15) is 5.82 Å². The number of aromatic amines is 1. The molecule has 2 heterocycles. The predicted molar refractivity (Wildman–Crippen MR) is 73.9 cm³/mol. The van der Waals surface area contributed by atoms with Gasteiger partial charge >= 0.3 is 0 Å². The zero-order valence-electron chi connectivity index (χ0n) is 9.07. The van der Waals surface area contributed by atoms with E-state index in [1.165, 1.54) is 0 Å². The molecule has 6 heteroatoms. The lowest BCUT2D eigenvalue weighted by Crippen LogP contribution is -1.85. The van der Waals surface area contributed by atoms with Gasteiger partial charge in [-0.1, -0.05) is 18.5 Å². The second-order valence-electron chi connectivity index (χ2n) is 3.57. The van der Waals surface area contributed by atoms with Crippen LogP contribution in [0.2, 0.25) is 5.02 Å². The van der Waals surface area contributed by atoms with Gasteiger partial charge in [0.2, 0.25) is 0 Å². The summed E-state index contributed by atoms with van der Waals surface area (Å²) in [6.45, 7) is 2.04. The molecule has 0 saturated heterocycles. The van der Waals surface area contributed by atoms with E-state index in [4.69, 9.17) is 11.6 Å². The minimum absolute atomic E-state index is 0. The van der Waals surface area contributed by atoms with Gasteiger partial charge in [-0.3, -0.25) is 0 Å². The molecule has 0 unspecified atom stereocenters. The van der Waals surface area contributed by atoms with Gasteiger partial charge < -0.3 is 4.98 Å². The number of benzene rings is 1. The second kappa shape index (κ2) is 4.58. The van der Waals surface area contributed by atoms with Gasteiger partial charge in [0.25, 0.3) is 0 Å². The molecular formula is C11H10BrClN4. The molecule has 0 atom stereocenters. The van der Waals surface area contributed by atoms with Crippen molar-refractivity contribution >= 4 is 50.9 Å². The SMILES string of the molecule is Br.CCc1nc2nc3ccc(Cl)cc3nc2[nH]1. The summed E-state index contributed by atoms with van der Waals surface area (Å²) in [6.07, 6.45) is 0.842. The van der Waals surface area contributed by atoms with Crippen LogP contribution in [-0.2, 0) is 6.42 Å². The molecule has 4 nitrogen and oxygen atoms in total. The Hall–Kier alpha value is -1.20. The summed E-state index contributed by atoms with van der Waals surface area (Å²) in [5.74, 6) is 0.899. The number of fused-ring (bicyclic) bond motifs is 2. The molecule has 3 rings (SSSR count). The highest BCUT2D eigenvalue weighted by atomic mass is 79.9. The number of halogens is 2. The number of H-pyrrole nitrogens is 1. The van der Waals surface area contributed by atoms with Crippen molar-refractivity contribution in [2.75, 3.05) is 0 Å². The Kier molecular flexibility index (Phi) is 3.31. The second-order valence-corrected chi connectivity index (χ2v) is 4.00. The van der Waals surface area contributed by atoms with Crippen molar-refractivity contribution in [1.82, 2.24) is 19.9 Å². The first-order chi connectivity index (χ1) is 7.76. The van der Waals surface area contributed by atoms with Crippen LogP contribution in [0.1, 0.15) is 12.7 Å². The molecule has 1 aromatic carbocycles. The van der Waals surface area contributed by atoms with Gasteiger partial charge in [0, 0.05) is 11.4 Å². The Morgan fingerprint density at radius 3 is 2.76 bits per heavy atom. The fraction of sp³-hybridized carbons (Fsp3) is 0.182. The van der Waals surface area contributed by atoms with Crippen LogP contribution in [0.4, 0.5) is 0 Å². The molecule has 88 valence electrons. The zero-order chi connectivity index (χ0) is 11.1. The maximum atomic E-state index is 5.91. The fourth-order valence-electron chi connectivity index (χ4n) is 1.64. The first kappa shape index (κ1) is 12.3. The molecule has 0 radical (unpaired) electrons. The largest absolute Gasteiger partial charge is 0.325 e. The lowest BCUT2D eigenvalue weighted by atomic mass is 10.3. The number of hydrogen-bond donors (Lipinski definition) is 1. The normalized spacial score (nSPS) is 10.7. The van der Waals surface area contributed by atoms with Crippen LogP contribution in [-0.4, -0.2) is 19.9 Å². The van der Waals surface area contributed by atoms with Crippen molar-refractivity contribution in [2.24, 2.45) is 0 Å². The first-order valence-corrected chi connectivity index (χ1v) is 5.46. The first-order valence-electron chi connectivity index (χ1n) is 5.08. The van der Waals surface area contributed by atoms with E-state index in [1.54, 1.807) is 12.1 Å². The third-order valence-corrected chi connectivity index (χ3v) is 2.68. The summed E-state index contributed by atoms with van der Waals surface area (Å²) >= 11 is 5.91. The minimum atomic E-state index is 0. The average molecular weight is 314 g/mol. The van der Waals surface area contributed by atoms with Crippen LogP contribution in [0.3, 0.4) is 0 Å². The van der Waals surface area contributed by atoms with Crippen LogP contribution in [0.15, 0.2) is 18.2 Å². The van der Waals surface area contributed by atoms with E-state index in [1.807, 2.05) is 13.0 Å². The molecule has 1 N–H and O–H groups in total. The predicted octanol–water partition coefficient (Wildman–Crippen LogP) is 3.30. The van der Waals surface area contributed by atoms with Gasteiger partial charge in [-0.2, -0.15) is 0 Å². The van der Waals surface area contributed by atoms with Crippen LogP contribution < -0.4 is 0 Å². The smallest absolute Gasteiger partial charge is 0.198 e. The van der Waals surface area contributed by atoms with Crippen LogP contribution in [0.25, 0.3) is 22.3 Å². The number of aryl methyl sites for hydroxylation is 1. The highest BCUT2D eigenvalue weighted by Crippen LogP contribution is 2.18. The Balaban J connectivity index is 0.00000108. The maximum absolute atomic E-state index is 5.91. The van der Waals surface area contributed by atoms with Crippen molar-refractivity contribution < 1.29 is 0 Å². The summed E-state index contributed by atoms with van der Waals surface area (Å²) < 4.78 is 0. The molecule has 0 aliphatic heterocycles. The van der Waals surface area contributed by atoms with Crippen LogP contribution in [0.5, 0.6) is 0 Å². The van der Waals surface area contributed by atoms with E-state index in [9.17, 15) is 0 Å². The summed E-state index contributed by atoms with van der Waals surface area (Å²) in [4.78, 5) is 16.3.